The number of anilines is 1. The van der Waals surface area contributed by atoms with E-state index >= 15 is 0 Å². The van der Waals surface area contributed by atoms with E-state index in [1.54, 1.807) is 56.5 Å². The third kappa shape index (κ3) is 7.45. The number of methoxy groups -OCH3 is 1. The summed E-state index contributed by atoms with van der Waals surface area (Å²) in [4.78, 5) is 28.2. The number of para-hydroxylation sites is 1. The number of carbonyl (C=O) groups is 2. The number of nitrogens with zero attached hydrogens (tertiary/aromatic N) is 2. The van der Waals surface area contributed by atoms with Crippen molar-refractivity contribution in [1.29, 1.82) is 0 Å². The number of rotatable bonds is 10. The molecule has 1 N–H and O–H groups in total. The molecule has 0 saturated heterocycles. The molecule has 2 aromatic carbocycles. The Morgan fingerprint density at radius 2 is 1.74 bits per heavy atom. The molecule has 9 heteroatoms. The molecule has 35 heavy (non-hydrogen) atoms. The van der Waals surface area contributed by atoms with Crippen molar-refractivity contribution in [1.82, 2.24) is 10.2 Å². The first-order chi connectivity index (χ1) is 16.7. The van der Waals surface area contributed by atoms with E-state index in [1.807, 2.05) is 12.1 Å². The molecular formula is C26H35N3O5S. The number of carbonyl (C=O) groups excluding carboxylic acids is 2. The highest BCUT2D eigenvalue weighted by Crippen LogP contribution is 2.21. The van der Waals surface area contributed by atoms with Crippen LogP contribution >= 0.6 is 0 Å². The van der Waals surface area contributed by atoms with E-state index in [-0.39, 0.29) is 18.5 Å². The number of ether oxygens (including phenoxy) is 1. The van der Waals surface area contributed by atoms with Crippen LogP contribution in [-0.2, 0) is 26.2 Å². The lowest BCUT2D eigenvalue weighted by atomic mass is 9.95. The summed E-state index contributed by atoms with van der Waals surface area (Å²) < 4.78 is 31.5. The van der Waals surface area contributed by atoms with E-state index in [4.69, 9.17) is 4.74 Å². The van der Waals surface area contributed by atoms with E-state index in [2.05, 4.69) is 5.32 Å². The van der Waals surface area contributed by atoms with Crippen molar-refractivity contribution in [3.8, 4) is 5.75 Å². The SMILES string of the molecule is COc1cccc(CN(C(=O)CN(c2ccccc2)S(C)(=O)=O)[C@H](C)C(=O)NC2CCCCC2)c1. The maximum Gasteiger partial charge on any atom is 0.244 e. The van der Waals surface area contributed by atoms with Gasteiger partial charge in [-0.1, -0.05) is 49.6 Å². The van der Waals surface area contributed by atoms with Gasteiger partial charge in [-0.25, -0.2) is 8.42 Å². The van der Waals surface area contributed by atoms with Gasteiger partial charge in [-0.05, 0) is 49.6 Å². The smallest absolute Gasteiger partial charge is 0.244 e. The third-order valence-electron chi connectivity index (χ3n) is 6.33. The van der Waals surface area contributed by atoms with Gasteiger partial charge in [0.2, 0.25) is 21.8 Å². The second kappa shape index (κ2) is 12.1. The van der Waals surface area contributed by atoms with E-state index in [0.29, 0.717) is 11.4 Å². The molecule has 3 rings (SSSR count). The van der Waals surface area contributed by atoms with Crippen LogP contribution < -0.4 is 14.4 Å². The zero-order valence-electron chi connectivity index (χ0n) is 20.6. The van der Waals surface area contributed by atoms with Gasteiger partial charge in [-0.15, -0.1) is 0 Å². The molecule has 0 aromatic heterocycles. The Morgan fingerprint density at radius 1 is 1.06 bits per heavy atom. The van der Waals surface area contributed by atoms with Crippen molar-refractivity contribution in [2.75, 3.05) is 24.2 Å². The maximum atomic E-state index is 13.6. The lowest BCUT2D eigenvalue weighted by Crippen LogP contribution is -2.52. The summed E-state index contributed by atoms with van der Waals surface area (Å²) in [6.07, 6.45) is 6.25. The summed E-state index contributed by atoms with van der Waals surface area (Å²) in [7, 11) is -2.17. The van der Waals surface area contributed by atoms with Crippen molar-refractivity contribution < 1.29 is 22.7 Å². The van der Waals surface area contributed by atoms with E-state index in [1.165, 1.54) is 11.3 Å². The quantitative estimate of drug-likeness (QED) is 0.539. The molecule has 2 amide bonds. The average molecular weight is 502 g/mol. The van der Waals surface area contributed by atoms with Gasteiger partial charge in [0.15, 0.2) is 0 Å². The Labute approximate surface area is 208 Å². The molecule has 190 valence electrons. The number of hydrogen-bond acceptors (Lipinski definition) is 5. The Hall–Kier alpha value is -3.07. The topological polar surface area (TPSA) is 96.0 Å². The van der Waals surface area contributed by atoms with Crippen molar-refractivity contribution in [3.05, 3.63) is 60.2 Å². The second-order valence-electron chi connectivity index (χ2n) is 9.00. The summed E-state index contributed by atoms with van der Waals surface area (Å²) in [6.45, 7) is 1.42. The monoisotopic (exact) mass is 501 g/mol. The van der Waals surface area contributed by atoms with E-state index in [9.17, 15) is 18.0 Å². The van der Waals surface area contributed by atoms with Gasteiger partial charge in [0, 0.05) is 12.6 Å². The lowest BCUT2D eigenvalue weighted by molar-refractivity contribution is -0.139. The third-order valence-corrected chi connectivity index (χ3v) is 7.47. The fourth-order valence-electron chi connectivity index (χ4n) is 4.33. The summed E-state index contributed by atoms with van der Waals surface area (Å²) in [5, 5.41) is 3.09. The van der Waals surface area contributed by atoms with Crippen LogP contribution in [0.15, 0.2) is 54.6 Å². The van der Waals surface area contributed by atoms with Crippen LogP contribution in [0.1, 0.15) is 44.6 Å². The molecule has 0 radical (unpaired) electrons. The zero-order valence-corrected chi connectivity index (χ0v) is 21.5. The predicted octanol–water partition coefficient (Wildman–Crippen LogP) is 3.33. The van der Waals surface area contributed by atoms with Crippen LogP contribution in [0.25, 0.3) is 0 Å². The number of hydrogen-bond donors (Lipinski definition) is 1. The van der Waals surface area contributed by atoms with E-state index in [0.717, 1.165) is 41.8 Å². The fourth-order valence-corrected chi connectivity index (χ4v) is 5.18. The molecule has 2 aromatic rings. The minimum atomic E-state index is -3.73. The summed E-state index contributed by atoms with van der Waals surface area (Å²) in [5.74, 6) is -0.0663. The Bertz CT molecular complexity index is 1100. The Kier molecular flexibility index (Phi) is 9.14. The molecule has 0 aliphatic heterocycles. The van der Waals surface area contributed by atoms with Crippen molar-refractivity contribution in [3.63, 3.8) is 0 Å². The number of benzene rings is 2. The number of amides is 2. The average Bonchev–Trinajstić information content (AvgIpc) is 2.85. The molecule has 0 bridgehead atoms. The summed E-state index contributed by atoms with van der Waals surface area (Å²) in [6, 6.07) is 15.1. The normalized spacial score (nSPS) is 15.2. The van der Waals surface area contributed by atoms with Gasteiger partial charge in [-0.2, -0.15) is 0 Å². The van der Waals surface area contributed by atoms with Crippen molar-refractivity contribution in [2.24, 2.45) is 0 Å². The first-order valence-electron chi connectivity index (χ1n) is 11.9. The van der Waals surface area contributed by atoms with Crippen LogP contribution in [0.4, 0.5) is 5.69 Å². The number of sulfonamides is 1. The molecule has 1 aliphatic rings. The van der Waals surface area contributed by atoms with Crippen LogP contribution in [0.2, 0.25) is 0 Å². The molecule has 1 atom stereocenters. The Balaban J connectivity index is 1.86. The van der Waals surface area contributed by atoms with Gasteiger partial charge in [0.1, 0.15) is 18.3 Å². The van der Waals surface area contributed by atoms with Gasteiger partial charge in [0.25, 0.3) is 0 Å². The molecule has 1 fully saturated rings. The highest BCUT2D eigenvalue weighted by atomic mass is 32.2. The van der Waals surface area contributed by atoms with Crippen LogP contribution in [-0.4, -0.2) is 57.1 Å². The predicted molar refractivity (Wildman–Crippen MR) is 137 cm³/mol. The van der Waals surface area contributed by atoms with Crippen molar-refractivity contribution >= 4 is 27.5 Å². The maximum absolute atomic E-state index is 13.6. The minimum Gasteiger partial charge on any atom is -0.497 e. The van der Waals surface area contributed by atoms with Gasteiger partial charge < -0.3 is 15.0 Å². The van der Waals surface area contributed by atoms with Crippen LogP contribution in [0, 0.1) is 0 Å². The van der Waals surface area contributed by atoms with Gasteiger partial charge >= 0.3 is 0 Å². The molecule has 1 aliphatic carbocycles. The first kappa shape index (κ1) is 26.5. The molecule has 0 spiro atoms. The highest BCUT2D eigenvalue weighted by Gasteiger charge is 2.31. The minimum absolute atomic E-state index is 0.101. The molecule has 1 saturated carbocycles. The highest BCUT2D eigenvalue weighted by molar-refractivity contribution is 7.92. The largest absolute Gasteiger partial charge is 0.497 e. The van der Waals surface area contributed by atoms with Crippen molar-refractivity contribution in [2.45, 2.75) is 57.7 Å². The summed E-state index contributed by atoms with van der Waals surface area (Å²) >= 11 is 0. The summed E-state index contributed by atoms with van der Waals surface area (Å²) in [5.41, 5.74) is 1.17. The van der Waals surface area contributed by atoms with Crippen LogP contribution in [0.3, 0.4) is 0 Å². The van der Waals surface area contributed by atoms with Crippen LogP contribution in [0.5, 0.6) is 5.75 Å². The molecule has 0 unspecified atom stereocenters. The molecular weight excluding hydrogens is 466 g/mol. The zero-order chi connectivity index (χ0) is 25.4. The van der Waals surface area contributed by atoms with Gasteiger partial charge in [0.05, 0.1) is 19.1 Å². The van der Waals surface area contributed by atoms with E-state index < -0.39 is 28.5 Å². The molecule has 0 heterocycles. The number of nitrogens with one attached hydrogen (secondary N) is 1. The Morgan fingerprint density at radius 3 is 2.37 bits per heavy atom. The second-order valence-corrected chi connectivity index (χ2v) is 10.9. The lowest BCUT2D eigenvalue weighted by Gasteiger charge is -2.33. The fraction of sp³-hybridized carbons (Fsp3) is 0.462. The molecule has 8 nitrogen and oxygen atoms in total. The standard InChI is InChI=1S/C26H35N3O5S/c1-20(26(31)27-22-12-6-4-7-13-22)28(18-21-11-10-16-24(17-21)34-2)25(30)19-29(35(3,32)33)23-14-8-5-9-15-23/h5,8-11,14-17,20,22H,4,6-7,12-13,18-19H2,1-3H3,(H,27,31)/t20-/m1/s1. The van der Waals surface area contributed by atoms with Gasteiger partial charge in [-0.3, -0.25) is 13.9 Å². The first-order valence-corrected chi connectivity index (χ1v) is 13.8.